The summed E-state index contributed by atoms with van der Waals surface area (Å²) in [6.45, 7) is 3.87. The van der Waals surface area contributed by atoms with Gasteiger partial charge >= 0.3 is 5.97 Å². The largest absolute Gasteiger partial charge is 1.00 e. The van der Waals surface area contributed by atoms with Crippen LogP contribution < -0.4 is 39.9 Å². The molecule has 3 aromatic carbocycles. The SMILES string of the molecule is C=CCOC(=O)C[P+](c1ccccc1)(c1ccccc1)c1ccccc1.[I-]. The average molecular weight is 488 g/mol. The molecule has 2 nitrogen and oxygen atoms in total. The molecule has 0 spiro atoms. The highest BCUT2D eigenvalue weighted by Gasteiger charge is 2.47. The van der Waals surface area contributed by atoms with Gasteiger partial charge in [0.15, 0.2) is 6.16 Å². The highest BCUT2D eigenvalue weighted by Crippen LogP contribution is 2.55. The van der Waals surface area contributed by atoms with Gasteiger partial charge in [-0.25, -0.2) is 4.79 Å². The Labute approximate surface area is 178 Å². The number of benzene rings is 3. The van der Waals surface area contributed by atoms with Gasteiger partial charge in [0, 0.05) is 0 Å². The zero-order valence-electron chi connectivity index (χ0n) is 15.0. The Morgan fingerprint density at radius 2 is 1.15 bits per heavy atom. The quantitative estimate of drug-likeness (QED) is 0.212. The van der Waals surface area contributed by atoms with Crippen LogP contribution in [-0.2, 0) is 9.53 Å². The number of halogens is 1. The van der Waals surface area contributed by atoms with Crippen molar-refractivity contribution in [3.05, 3.63) is 104 Å². The molecule has 0 N–H and O–H groups in total. The lowest BCUT2D eigenvalue weighted by Crippen LogP contribution is -3.00. The Kier molecular flexibility index (Phi) is 8.21. The molecule has 0 amide bonds. The van der Waals surface area contributed by atoms with Gasteiger partial charge in [0.05, 0.1) is 0 Å². The van der Waals surface area contributed by atoms with Crippen LogP contribution in [0, 0.1) is 0 Å². The normalized spacial score (nSPS) is 10.5. The van der Waals surface area contributed by atoms with Crippen LogP contribution in [0.3, 0.4) is 0 Å². The summed E-state index contributed by atoms with van der Waals surface area (Å²) in [6.07, 6.45) is 1.93. The lowest BCUT2D eigenvalue weighted by atomic mass is 10.4. The average Bonchev–Trinajstić information content (AvgIpc) is 2.72. The number of esters is 1. The molecule has 0 saturated heterocycles. The molecule has 3 rings (SSSR count). The molecule has 0 heterocycles. The Bertz CT molecular complexity index is 755. The van der Waals surface area contributed by atoms with Gasteiger partial charge in [0.1, 0.15) is 29.8 Å². The number of carbonyl (C=O) groups is 1. The van der Waals surface area contributed by atoms with Crippen molar-refractivity contribution in [1.29, 1.82) is 0 Å². The lowest BCUT2D eigenvalue weighted by Gasteiger charge is -2.26. The third kappa shape index (κ3) is 4.85. The summed E-state index contributed by atoms with van der Waals surface area (Å²) in [6, 6.07) is 30.9. The molecule has 27 heavy (non-hydrogen) atoms. The summed E-state index contributed by atoms with van der Waals surface area (Å²) >= 11 is 0. The van der Waals surface area contributed by atoms with Gasteiger partial charge in [-0.05, 0) is 36.4 Å². The monoisotopic (exact) mass is 488 g/mol. The Morgan fingerprint density at radius 3 is 1.48 bits per heavy atom. The summed E-state index contributed by atoms with van der Waals surface area (Å²) in [4.78, 5) is 12.7. The van der Waals surface area contributed by atoms with Crippen molar-refractivity contribution in [2.45, 2.75) is 0 Å². The zero-order chi connectivity index (χ0) is 18.2. The molecule has 4 heteroatoms. The molecule has 0 aliphatic rings. The first-order valence-corrected chi connectivity index (χ1v) is 10.6. The van der Waals surface area contributed by atoms with E-state index in [1.807, 2.05) is 54.6 Å². The van der Waals surface area contributed by atoms with E-state index < -0.39 is 7.26 Å². The van der Waals surface area contributed by atoms with Crippen LogP contribution in [0.2, 0.25) is 0 Å². The van der Waals surface area contributed by atoms with E-state index in [4.69, 9.17) is 4.74 Å². The molecule has 138 valence electrons. The van der Waals surface area contributed by atoms with Crippen molar-refractivity contribution in [3.63, 3.8) is 0 Å². The van der Waals surface area contributed by atoms with Crippen molar-refractivity contribution in [2.75, 3.05) is 12.8 Å². The summed E-state index contributed by atoms with van der Waals surface area (Å²) in [5.41, 5.74) is 0. The van der Waals surface area contributed by atoms with Gasteiger partial charge in [-0.2, -0.15) is 0 Å². The van der Waals surface area contributed by atoms with Crippen LogP contribution in [0.15, 0.2) is 104 Å². The van der Waals surface area contributed by atoms with E-state index in [0.29, 0.717) is 6.16 Å². The Hall–Kier alpha value is -1.97. The molecule has 0 unspecified atom stereocenters. The minimum atomic E-state index is -2.16. The van der Waals surface area contributed by atoms with Crippen LogP contribution >= 0.6 is 7.26 Å². The summed E-state index contributed by atoms with van der Waals surface area (Å²) in [5.74, 6) is -0.199. The van der Waals surface area contributed by atoms with Crippen LogP contribution in [0.5, 0.6) is 0 Å². The molecular weight excluding hydrogens is 466 g/mol. The fourth-order valence-electron chi connectivity index (χ4n) is 3.16. The minimum absolute atomic E-state index is 0. The van der Waals surface area contributed by atoms with Crippen LogP contribution in [0.25, 0.3) is 0 Å². The topological polar surface area (TPSA) is 26.3 Å². The minimum Gasteiger partial charge on any atom is -1.00 e. The number of hydrogen-bond acceptors (Lipinski definition) is 2. The van der Waals surface area contributed by atoms with Crippen molar-refractivity contribution >= 4 is 29.1 Å². The predicted octanol–water partition coefficient (Wildman–Crippen LogP) is 0.714. The molecular formula is C23H22IO2P. The maximum atomic E-state index is 12.7. The van der Waals surface area contributed by atoms with Crippen molar-refractivity contribution < 1.29 is 33.5 Å². The Morgan fingerprint density at radius 1 is 0.778 bits per heavy atom. The van der Waals surface area contributed by atoms with E-state index in [0.717, 1.165) is 0 Å². The molecule has 3 aromatic rings. The van der Waals surface area contributed by atoms with Crippen molar-refractivity contribution in [1.82, 2.24) is 0 Å². The van der Waals surface area contributed by atoms with Crippen molar-refractivity contribution in [3.8, 4) is 0 Å². The van der Waals surface area contributed by atoms with E-state index in [2.05, 4.69) is 43.0 Å². The van der Waals surface area contributed by atoms with Gasteiger partial charge < -0.3 is 28.7 Å². The molecule has 0 saturated carbocycles. The first-order valence-electron chi connectivity index (χ1n) is 8.59. The molecule has 0 aliphatic heterocycles. The predicted molar refractivity (Wildman–Crippen MR) is 111 cm³/mol. The first kappa shape index (κ1) is 21.3. The van der Waals surface area contributed by atoms with Gasteiger partial charge in [0.2, 0.25) is 0 Å². The third-order valence-corrected chi connectivity index (χ3v) is 8.59. The maximum absolute atomic E-state index is 12.7. The Balaban J connectivity index is 0.00000261. The second-order valence-electron chi connectivity index (χ2n) is 5.95. The summed E-state index contributed by atoms with van der Waals surface area (Å²) < 4.78 is 5.38. The summed E-state index contributed by atoms with van der Waals surface area (Å²) in [7, 11) is -2.16. The second-order valence-corrected chi connectivity index (χ2v) is 9.43. The molecule has 0 fully saturated rings. The number of carbonyl (C=O) groups excluding carboxylic acids is 1. The molecule has 0 bridgehead atoms. The fraction of sp³-hybridized carbons (Fsp3) is 0.0870. The van der Waals surface area contributed by atoms with Crippen LogP contribution in [0.4, 0.5) is 0 Å². The molecule has 0 aliphatic carbocycles. The summed E-state index contributed by atoms with van der Waals surface area (Å²) in [5, 5.41) is 3.52. The molecule has 0 aromatic heterocycles. The van der Waals surface area contributed by atoms with Gasteiger partial charge in [-0.15, -0.1) is 0 Å². The van der Waals surface area contributed by atoms with E-state index in [1.54, 1.807) is 6.08 Å². The maximum Gasteiger partial charge on any atom is 0.345 e. The first-order chi connectivity index (χ1) is 12.8. The third-order valence-electron chi connectivity index (χ3n) is 4.32. The van der Waals surface area contributed by atoms with Crippen LogP contribution in [0.1, 0.15) is 0 Å². The number of hydrogen-bond donors (Lipinski definition) is 0. The lowest BCUT2D eigenvalue weighted by molar-refractivity contribution is -0.139. The van der Waals surface area contributed by atoms with E-state index >= 15 is 0 Å². The molecule has 0 atom stereocenters. The molecule has 0 radical (unpaired) electrons. The van der Waals surface area contributed by atoms with E-state index in [-0.39, 0.29) is 36.6 Å². The highest BCUT2D eigenvalue weighted by molar-refractivity contribution is 7.96. The van der Waals surface area contributed by atoms with Gasteiger partial charge in [-0.3, -0.25) is 0 Å². The van der Waals surface area contributed by atoms with E-state index in [9.17, 15) is 4.79 Å². The van der Waals surface area contributed by atoms with Crippen molar-refractivity contribution in [2.24, 2.45) is 0 Å². The van der Waals surface area contributed by atoms with Gasteiger partial charge in [-0.1, -0.05) is 67.3 Å². The number of rotatable bonds is 7. The van der Waals surface area contributed by atoms with E-state index in [1.165, 1.54) is 15.9 Å². The zero-order valence-corrected chi connectivity index (χ0v) is 18.1. The second kappa shape index (κ2) is 10.4. The highest BCUT2D eigenvalue weighted by atomic mass is 127. The van der Waals surface area contributed by atoms with Crippen LogP contribution in [-0.4, -0.2) is 18.7 Å². The number of ether oxygens (including phenoxy) is 1. The fourth-order valence-corrected chi connectivity index (χ4v) is 7.12. The smallest absolute Gasteiger partial charge is 0.345 e. The standard InChI is InChI=1S/C23H22O2P.HI/c1-2-18-25-23(24)19-26(20-12-6-3-7-13-20,21-14-8-4-9-15-21)22-16-10-5-11-17-22;/h2-17H,1,18-19H2;1H/q+1;/p-1. The van der Waals surface area contributed by atoms with Gasteiger partial charge in [0.25, 0.3) is 0 Å².